The second-order valence-corrected chi connectivity index (χ2v) is 5.03. The first-order chi connectivity index (χ1) is 7.47. The lowest BCUT2D eigenvalue weighted by atomic mass is 10.1. The lowest BCUT2D eigenvalue weighted by molar-refractivity contribution is -0.0197. The molecular formula is C13H29NO2. The molecule has 1 heterocycles. The zero-order valence-electron chi connectivity index (χ0n) is 11.6. The van der Waals surface area contributed by atoms with Gasteiger partial charge in [0.25, 0.3) is 0 Å². The average molecular weight is 231 g/mol. The average Bonchev–Trinajstić information content (AvgIpc) is 2.22. The highest BCUT2D eigenvalue weighted by molar-refractivity contribution is 4.71. The van der Waals surface area contributed by atoms with E-state index in [9.17, 15) is 5.11 Å². The van der Waals surface area contributed by atoms with Crippen LogP contribution in [-0.4, -0.2) is 48.0 Å². The fourth-order valence-corrected chi connectivity index (χ4v) is 1.62. The molecule has 0 saturated carbocycles. The third kappa shape index (κ3) is 8.08. The molecule has 0 bridgehead atoms. The molecule has 0 aliphatic carbocycles. The normalized spacial score (nSPS) is 19.1. The van der Waals surface area contributed by atoms with Crippen molar-refractivity contribution in [1.82, 2.24) is 4.90 Å². The van der Waals surface area contributed by atoms with E-state index in [1.165, 1.54) is 0 Å². The summed E-state index contributed by atoms with van der Waals surface area (Å²) in [6.07, 6.45) is 1.75. The van der Waals surface area contributed by atoms with Gasteiger partial charge in [0, 0.05) is 19.6 Å². The molecule has 0 aromatic carbocycles. The van der Waals surface area contributed by atoms with Crippen LogP contribution < -0.4 is 0 Å². The Bertz CT molecular complexity index is 158. The first kappa shape index (κ1) is 15.9. The van der Waals surface area contributed by atoms with Crippen LogP contribution in [0.15, 0.2) is 0 Å². The maximum atomic E-state index is 9.32. The molecule has 3 heteroatoms. The minimum Gasteiger partial charge on any atom is -0.393 e. The van der Waals surface area contributed by atoms with Crippen LogP contribution in [0.3, 0.4) is 0 Å². The summed E-state index contributed by atoms with van der Waals surface area (Å²) in [6, 6.07) is 0. The highest BCUT2D eigenvalue weighted by Gasteiger charge is 2.17. The van der Waals surface area contributed by atoms with Crippen LogP contribution in [0.25, 0.3) is 0 Å². The molecule has 98 valence electrons. The maximum Gasteiger partial charge on any atom is 0.0600 e. The first-order valence-corrected chi connectivity index (χ1v) is 6.52. The minimum absolute atomic E-state index is 0.0324. The van der Waals surface area contributed by atoms with Crippen LogP contribution >= 0.6 is 0 Å². The predicted molar refractivity (Wildman–Crippen MR) is 68.7 cm³/mol. The van der Waals surface area contributed by atoms with E-state index >= 15 is 0 Å². The largest absolute Gasteiger partial charge is 0.393 e. The SMILES string of the molecule is CC.CC(C)(C)OCCN1CCC(O)CC1. The quantitative estimate of drug-likeness (QED) is 0.809. The molecule has 0 aromatic rings. The van der Waals surface area contributed by atoms with Gasteiger partial charge in [-0.1, -0.05) is 13.8 Å². The second-order valence-electron chi connectivity index (χ2n) is 5.03. The third-order valence-electron chi connectivity index (χ3n) is 2.50. The van der Waals surface area contributed by atoms with Gasteiger partial charge in [-0.2, -0.15) is 0 Å². The fraction of sp³-hybridized carbons (Fsp3) is 1.00. The van der Waals surface area contributed by atoms with E-state index in [-0.39, 0.29) is 11.7 Å². The molecule has 16 heavy (non-hydrogen) atoms. The van der Waals surface area contributed by atoms with Gasteiger partial charge in [-0.25, -0.2) is 0 Å². The van der Waals surface area contributed by atoms with Crippen LogP contribution in [0.5, 0.6) is 0 Å². The van der Waals surface area contributed by atoms with E-state index in [0.29, 0.717) is 0 Å². The second kappa shape index (κ2) is 8.04. The molecule has 1 fully saturated rings. The molecule has 1 aliphatic rings. The van der Waals surface area contributed by atoms with Gasteiger partial charge in [-0.15, -0.1) is 0 Å². The Hall–Kier alpha value is -0.120. The molecule has 0 unspecified atom stereocenters. The number of hydrogen-bond acceptors (Lipinski definition) is 3. The number of likely N-dealkylation sites (tertiary alicyclic amines) is 1. The lowest BCUT2D eigenvalue weighted by Crippen LogP contribution is -2.38. The molecular weight excluding hydrogens is 202 g/mol. The molecule has 1 aliphatic heterocycles. The summed E-state index contributed by atoms with van der Waals surface area (Å²) in [4.78, 5) is 2.36. The van der Waals surface area contributed by atoms with Crippen LogP contribution in [0.2, 0.25) is 0 Å². The highest BCUT2D eigenvalue weighted by Crippen LogP contribution is 2.11. The van der Waals surface area contributed by atoms with Gasteiger partial charge in [-0.3, -0.25) is 0 Å². The van der Waals surface area contributed by atoms with Gasteiger partial charge in [0.15, 0.2) is 0 Å². The number of aliphatic hydroxyl groups is 1. The molecule has 1 rings (SSSR count). The fourth-order valence-electron chi connectivity index (χ4n) is 1.62. The van der Waals surface area contributed by atoms with Gasteiger partial charge < -0.3 is 14.7 Å². The summed E-state index contributed by atoms with van der Waals surface area (Å²) >= 11 is 0. The summed E-state index contributed by atoms with van der Waals surface area (Å²) in [5, 5.41) is 9.32. The molecule has 0 amide bonds. The smallest absolute Gasteiger partial charge is 0.0600 e. The molecule has 0 radical (unpaired) electrons. The molecule has 0 aromatic heterocycles. The van der Waals surface area contributed by atoms with Gasteiger partial charge in [-0.05, 0) is 33.6 Å². The van der Waals surface area contributed by atoms with Crippen molar-refractivity contribution < 1.29 is 9.84 Å². The van der Waals surface area contributed by atoms with Crippen LogP contribution in [0.1, 0.15) is 47.5 Å². The van der Waals surface area contributed by atoms with Crippen molar-refractivity contribution in [3.8, 4) is 0 Å². The molecule has 0 spiro atoms. The Labute approximate surface area is 101 Å². The van der Waals surface area contributed by atoms with Crippen LogP contribution in [0, 0.1) is 0 Å². The number of hydrogen-bond donors (Lipinski definition) is 1. The van der Waals surface area contributed by atoms with Crippen molar-refractivity contribution in [2.75, 3.05) is 26.2 Å². The van der Waals surface area contributed by atoms with Crippen molar-refractivity contribution >= 4 is 0 Å². The van der Waals surface area contributed by atoms with E-state index in [1.54, 1.807) is 0 Å². The Morgan fingerprint density at radius 2 is 1.69 bits per heavy atom. The topological polar surface area (TPSA) is 32.7 Å². The number of rotatable bonds is 3. The van der Waals surface area contributed by atoms with E-state index in [2.05, 4.69) is 25.7 Å². The molecule has 1 N–H and O–H groups in total. The van der Waals surface area contributed by atoms with Gasteiger partial charge in [0.05, 0.1) is 18.3 Å². The predicted octanol–water partition coefficient (Wildman–Crippen LogP) is 2.28. The zero-order valence-corrected chi connectivity index (χ0v) is 11.6. The molecule has 3 nitrogen and oxygen atoms in total. The molecule has 0 atom stereocenters. The number of aliphatic hydroxyl groups excluding tert-OH is 1. The monoisotopic (exact) mass is 231 g/mol. The van der Waals surface area contributed by atoms with Crippen molar-refractivity contribution in [2.24, 2.45) is 0 Å². The summed E-state index contributed by atoms with van der Waals surface area (Å²) in [5.74, 6) is 0. The highest BCUT2D eigenvalue weighted by atomic mass is 16.5. The van der Waals surface area contributed by atoms with Crippen molar-refractivity contribution in [3.05, 3.63) is 0 Å². The van der Waals surface area contributed by atoms with E-state index < -0.39 is 0 Å². The molecule has 1 saturated heterocycles. The number of nitrogens with zero attached hydrogens (tertiary/aromatic N) is 1. The number of ether oxygens (including phenoxy) is 1. The number of piperidine rings is 1. The van der Waals surface area contributed by atoms with Crippen LogP contribution in [0.4, 0.5) is 0 Å². The summed E-state index contributed by atoms with van der Waals surface area (Å²) < 4.78 is 5.65. The van der Waals surface area contributed by atoms with Gasteiger partial charge in [0.1, 0.15) is 0 Å². The van der Waals surface area contributed by atoms with Crippen LogP contribution in [-0.2, 0) is 4.74 Å². The van der Waals surface area contributed by atoms with Crippen molar-refractivity contribution in [3.63, 3.8) is 0 Å². The maximum absolute atomic E-state index is 9.32. The van der Waals surface area contributed by atoms with E-state index in [4.69, 9.17) is 4.74 Å². The van der Waals surface area contributed by atoms with Gasteiger partial charge >= 0.3 is 0 Å². The Kier molecular flexibility index (Phi) is 7.98. The Morgan fingerprint density at radius 3 is 2.12 bits per heavy atom. The standard InChI is InChI=1S/C11H23NO2.C2H6/c1-11(2,3)14-9-8-12-6-4-10(13)5-7-12;1-2/h10,13H,4-9H2,1-3H3;1-2H3. The third-order valence-corrected chi connectivity index (χ3v) is 2.50. The summed E-state index contributed by atoms with van der Waals surface area (Å²) in [6.45, 7) is 14.0. The zero-order chi connectivity index (χ0) is 12.6. The van der Waals surface area contributed by atoms with Crippen molar-refractivity contribution in [1.29, 1.82) is 0 Å². The summed E-state index contributed by atoms with van der Waals surface area (Å²) in [7, 11) is 0. The Balaban J connectivity index is 0.00000106. The first-order valence-electron chi connectivity index (χ1n) is 6.52. The lowest BCUT2D eigenvalue weighted by Gasteiger charge is -2.30. The Morgan fingerprint density at radius 1 is 1.19 bits per heavy atom. The van der Waals surface area contributed by atoms with E-state index in [0.717, 1.165) is 39.1 Å². The van der Waals surface area contributed by atoms with Crippen molar-refractivity contribution in [2.45, 2.75) is 59.2 Å². The minimum atomic E-state index is -0.0743. The van der Waals surface area contributed by atoms with E-state index in [1.807, 2.05) is 13.8 Å². The summed E-state index contributed by atoms with van der Waals surface area (Å²) in [5.41, 5.74) is -0.0324. The van der Waals surface area contributed by atoms with Gasteiger partial charge in [0.2, 0.25) is 0 Å².